The monoisotopic (exact) mass is 446 g/mol. The van der Waals surface area contributed by atoms with Gasteiger partial charge in [0, 0.05) is 11.3 Å². The van der Waals surface area contributed by atoms with Crippen molar-refractivity contribution >= 4 is 17.4 Å². The van der Waals surface area contributed by atoms with E-state index in [0.29, 0.717) is 23.4 Å². The van der Waals surface area contributed by atoms with Crippen LogP contribution in [-0.4, -0.2) is 44.0 Å². The summed E-state index contributed by atoms with van der Waals surface area (Å²) in [6.07, 6.45) is 1.51. The molecule has 0 bridgehead atoms. The third-order valence-corrected chi connectivity index (χ3v) is 4.89. The highest BCUT2D eigenvalue weighted by molar-refractivity contribution is 5.99. The van der Waals surface area contributed by atoms with Crippen molar-refractivity contribution in [2.75, 3.05) is 12.8 Å². The van der Waals surface area contributed by atoms with Crippen LogP contribution in [0.15, 0.2) is 64.3 Å². The SMILES string of the molecule is COc1cccc(-c2c(C(=O)N/N=C(/C)CCc3ccccc3)nnn2-c2nonc2N)c1. The van der Waals surface area contributed by atoms with E-state index >= 15 is 0 Å². The fourth-order valence-corrected chi connectivity index (χ4v) is 3.18. The topological polar surface area (TPSA) is 146 Å². The van der Waals surface area contributed by atoms with Crippen LogP contribution in [0, 0.1) is 0 Å². The van der Waals surface area contributed by atoms with E-state index in [2.05, 4.69) is 47.9 Å². The molecule has 0 fully saturated rings. The maximum absolute atomic E-state index is 13.0. The number of hydrogen-bond donors (Lipinski definition) is 2. The van der Waals surface area contributed by atoms with Crippen molar-refractivity contribution in [3.8, 4) is 22.8 Å². The van der Waals surface area contributed by atoms with Crippen molar-refractivity contribution in [2.45, 2.75) is 19.8 Å². The van der Waals surface area contributed by atoms with Crippen LogP contribution in [0.1, 0.15) is 29.4 Å². The molecular weight excluding hydrogens is 424 g/mol. The Balaban J connectivity index is 1.61. The lowest BCUT2D eigenvalue weighted by molar-refractivity contribution is 0.0950. The Morgan fingerprint density at radius 3 is 2.73 bits per heavy atom. The van der Waals surface area contributed by atoms with E-state index in [0.717, 1.165) is 12.1 Å². The third-order valence-electron chi connectivity index (χ3n) is 4.89. The van der Waals surface area contributed by atoms with Crippen LogP contribution >= 0.6 is 0 Å². The fraction of sp³-hybridized carbons (Fsp3) is 0.182. The number of amides is 1. The Kier molecular flexibility index (Phi) is 6.39. The first-order valence-electron chi connectivity index (χ1n) is 10.1. The normalized spacial score (nSPS) is 11.4. The molecule has 11 heteroatoms. The van der Waals surface area contributed by atoms with Crippen LogP contribution in [0.2, 0.25) is 0 Å². The standard InChI is InChI=1S/C22H22N8O3/c1-14(11-12-15-7-4-3-5-8-15)24-26-22(31)18-19(16-9-6-10-17(13-16)32-2)30(29-25-18)21-20(23)27-33-28-21/h3-10,13H,11-12H2,1-2H3,(H2,23,27)(H,26,31)/b24-14-. The van der Waals surface area contributed by atoms with Crippen LogP contribution in [0.3, 0.4) is 0 Å². The van der Waals surface area contributed by atoms with Gasteiger partial charge in [0.25, 0.3) is 5.91 Å². The molecule has 1 amide bonds. The van der Waals surface area contributed by atoms with Crippen molar-refractivity contribution in [3.63, 3.8) is 0 Å². The van der Waals surface area contributed by atoms with Gasteiger partial charge in [0.05, 0.1) is 7.11 Å². The van der Waals surface area contributed by atoms with Gasteiger partial charge in [-0.3, -0.25) is 4.79 Å². The summed E-state index contributed by atoms with van der Waals surface area (Å²) in [6, 6.07) is 17.1. The predicted octanol–water partition coefficient (Wildman–Crippen LogP) is 2.65. The number of ether oxygens (including phenoxy) is 1. The number of hydrazone groups is 1. The van der Waals surface area contributed by atoms with Gasteiger partial charge in [0.1, 0.15) is 11.4 Å². The lowest BCUT2D eigenvalue weighted by Crippen LogP contribution is -2.20. The summed E-state index contributed by atoms with van der Waals surface area (Å²) in [5.41, 5.74) is 11.3. The Labute approximate surface area is 189 Å². The van der Waals surface area contributed by atoms with Gasteiger partial charge in [-0.15, -0.1) is 5.10 Å². The molecule has 3 N–H and O–H groups in total. The highest BCUT2D eigenvalue weighted by Crippen LogP contribution is 2.28. The Morgan fingerprint density at radius 2 is 2.00 bits per heavy atom. The second-order valence-electron chi connectivity index (χ2n) is 7.18. The van der Waals surface area contributed by atoms with E-state index in [1.54, 1.807) is 31.4 Å². The number of nitrogens with one attached hydrogen (secondary N) is 1. The average molecular weight is 446 g/mol. The Hall–Kier alpha value is -4.54. The molecule has 2 heterocycles. The fourth-order valence-electron chi connectivity index (χ4n) is 3.18. The zero-order chi connectivity index (χ0) is 23.2. The molecule has 168 valence electrons. The summed E-state index contributed by atoms with van der Waals surface area (Å²) < 4.78 is 11.3. The molecular formula is C22H22N8O3. The lowest BCUT2D eigenvalue weighted by Gasteiger charge is -2.08. The van der Waals surface area contributed by atoms with Crippen LogP contribution in [0.25, 0.3) is 17.1 Å². The highest BCUT2D eigenvalue weighted by Gasteiger charge is 2.25. The van der Waals surface area contributed by atoms with E-state index in [1.807, 2.05) is 25.1 Å². The Morgan fingerprint density at radius 1 is 1.18 bits per heavy atom. The summed E-state index contributed by atoms with van der Waals surface area (Å²) in [7, 11) is 1.55. The molecule has 0 radical (unpaired) electrons. The predicted molar refractivity (Wildman–Crippen MR) is 121 cm³/mol. The Bertz CT molecular complexity index is 1280. The van der Waals surface area contributed by atoms with Crippen LogP contribution < -0.4 is 15.9 Å². The molecule has 4 rings (SSSR count). The van der Waals surface area contributed by atoms with E-state index < -0.39 is 5.91 Å². The molecule has 11 nitrogen and oxygen atoms in total. The number of nitrogens with two attached hydrogens (primary N) is 1. The van der Waals surface area contributed by atoms with Gasteiger partial charge in [-0.1, -0.05) is 47.7 Å². The largest absolute Gasteiger partial charge is 0.497 e. The number of carbonyl (C=O) groups is 1. The molecule has 0 saturated carbocycles. The number of methoxy groups -OCH3 is 1. The minimum atomic E-state index is -0.534. The van der Waals surface area contributed by atoms with E-state index in [4.69, 9.17) is 10.5 Å². The van der Waals surface area contributed by atoms with E-state index in [9.17, 15) is 4.79 Å². The van der Waals surface area contributed by atoms with E-state index in [-0.39, 0.29) is 17.3 Å². The maximum atomic E-state index is 13.0. The van der Waals surface area contributed by atoms with Crippen molar-refractivity contribution in [3.05, 3.63) is 65.9 Å². The molecule has 0 aliphatic rings. The summed E-state index contributed by atoms with van der Waals surface area (Å²) >= 11 is 0. The second-order valence-corrected chi connectivity index (χ2v) is 7.18. The number of rotatable bonds is 8. The van der Waals surface area contributed by atoms with Gasteiger partial charge in [-0.2, -0.15) is 9.78 Å². The summed E-state index contributed by atoms with van der Waals surface area (Å²) in [5, 5.41) is 19.7. The number of carbonyl (C=O) groups excluding carboxylic acids is 1. The van der Waals surface area contributed by atoms with Crippen LogP contribution in [-0.2, 0) is 6.42 Å². The molecule has 0 aliphatic heterocycles. The maximum Gasteiger partial charge on any atom is 0.294 e. The number of benzene rings is 2. The molecule has 0 spiro atoms. The van der Waals surface area contributed by atoms with Gasteiger partial charge in [-0.25, -0.2) is 10.1 Å². The van der Waals surface area contributed by atoms with Gasteiger partial charge in [-0.05, 0) is 47.8 Å². The van der Waals surface area contributed by atoms with Gasteiger partial charge in [0.2, 0.25) is 11.6 Å². The van der Waals surface area contributed by atoms with Gasteiger partial charge < -0.3 is 10.5 Å². The smallest absolute Gasteiger partial charge is 0.294 e. The van der Waals surface area contributed by atoms with Crippen LogP contribution in [0.4, 0.5) is 5.82 Å². The van der Waals surface area contributed by atoms with Gasteiger partial charge >= 0.3 is 0 Å². The summed E-state index contributed by atoms with van der Waals surface area (Å²) in [6.45, 7) is 1.85. The molecule has 0 saturated heterocycles. The molecule has 0 aliphatic carbocycles. The summed E-state index contributed by atoms with van der Waals surface area (Å²) in [5.74, 6) is 0.175. The minimum Gasteiger partial charge on any atom is -0.497 e. The molecule has 4 aromatic rings. The molecule has 0 atom stereocenters. The zero-order valence-electron chi connectivity index (χ0n) is 18.1. The first-order chi connectivity index (χ1) is 16.1. The number of hydrogen-bond acceptors (Lipinski definition) is 9. The number of aromatic nitrogens is 5. The number of nitrogen functional groups attached to an aromatic ring is 1. The van der Waals surface area contributed by atoms with E-state index in [1.165, 1.54) is 10.2 Å². The zero-order valence-corrected chi connectivity index (χ0v) is 18.1. The first-order valence-corrected chi connectivity index (χ1v) is 10.1. The third kappa shape index (κ3) is 4.87. The van der Waals surface area contributed by atoms with Crippen LogP contribution in [0.5, 0.6) is 5.75 Å². The van der Waals surface area contributed by atoms with Crippen molar-refractivity contribution < 1.29 is 14.2 Å². The first kappa shape index (κ1) is 21.7. The van der Waals surface area contributed by atoms with Gasteiger partial charge in [0.15, 0.2) is 5.69 Å². The second kappa shape index (κ2) is 9.73. The number of anilines is 1. The minimum absolute atomic E-state index is 0.00535. The molecule has 2 aromatic carbocycles. The lowest BCUT2D eigenvalue weighted by atomic mass is 10.1. The van der Waals surface area contributed by atoms with Crippen molar-refractivity contribution in [1.29, 1.82) is 0 Å². The molecule has 0 unspecified atom stereocenters. The highest BCUT2D eigenvalue weighted by atomic mass is 16.6. The average Bonchev–Trinajstić information content (AvgIpc) is 3.47. The molecule has 2 aromatic heterocycles. The van der Waals surface area contributed by atoms with Crippen molar-refractivity contribution in [2.24, 2.45) is 5.10 Å². The summed E-state index contributed by atoms with van der Waals surface area (Å²) in [4.78, 5) is 13.0. The molecule has 33 heavy (non-hydrogen) atoms. The number of aryl methyl sites for hydroxylation is 1. The van der Waals surface area contributed by atoms with Crippen molar-refractivity contribution in [1.82, 2.24) is 30.7 Å². The number of nitrogens with zero attached hydrogens (tertiary/aromatic N) is 6. The quantitative estimate of drug-likeness (QED) is 0.310.